The van der Waals surface area contributed by atoms with Gasteiger partial charge in [-0.2, -0.15) is 0 Å². The van der Waals surface area contributed by atoms with Gasteiger partial charge in [0.25, 0.3) is 0 Å². The van der Waals surface area contributed by atoms with Crippen LogP contribution in [0.2, 0.25) is 0 Å². The van der Waals surface area contributed by atoms with Gasteiger partial charge in [0, 0.05) is 13.1 Å². The molecular formula is C31H32N2O2. The Labute approximate surface area is 208 Å². The van der Waals surface area contributed by atoms with E-state index in [9.17, 15) is 4.79 Å². The molecule has 0 saturated heterocycles. The number of hydrogen-bond donors (Lipinski definition) is 1. The van der Waals surface area contributed by atoms with E-state index in [-0.39, 0.29) is 12.1 Å². The number of benzene rings is 4. The van der Waals surface area contributed by atoms with Gasteiger partial charge in [0.05, 0.1) is 13.2 Å². The predicted octanol–water partition coefficient (Wildman–Crippen LogP) is 6.78. The van der Waals surface area contributed by atoms with Crippen LogP contribution < -0.4 is 10.1 Å². The van der Waals surface area contributed by atoms with Crippen molar-refractivity contribution in [3.63, 3.8) is 0 Å². The summed E-state index contributed by atoms with van der Waals surface area (Å²) >= 11 is 0. The first-order valence-corrected chi connectivity index (χ1v) is 12.0. The lowest BCUT2D eigenvalue weighted by atomic mass is 9.97. The fourth-order valence-electron chi connectivity index (χ4n) is 4.26. The minimum atomic E-state index is -0.0999. The van der Waals surface area contributed by atoms with Crippen molar-refractivity contribution in [3.8, 4) is 5.75 Å². The Morgan fingerprint density at radius 3 is 1.86 bits per heavy atom. The Bertz CT molecular complexity index is 1160. The van der Waals surface area contributed by atoms with Gasteiger partial charge in [-0.1, -0.05) is 103 Å². The normalized spacial score (nSPS) is 11.5. The zero-order chi connectivity index (χ0) is 24.3. The van der Waals surface area contributed by atoms with Crippen molar-refractivity contribution in [2.45, 2.75) is 32.0 Å². The van der Waals surface area contributed by atoms with Gasteiger partial charge in [0.2, 0.25) is 0 Å². The lowest BCUT2D eigenvalue weighted by molar-refractivity contribution is 0.165. The second-order valence-corrected chi connectivity index (χ2v) is 8.57. The SMILES string of the molecule is COc1ccc(C(CCc2ccccc2)N(Cc2ccccc2)C(=O)NCc2ccccc2)cc1. The van der Waals surface area contributed by atoms with Crippen LogP contribution in [-0.2, 0) is 19.5 Å². The first-order chi connectivity index (χ1) is 17.2. The van der Waals surface area contributed by atoms with Gasteiger partial charge in [-0.05, 0) is 47.2 Å². The molecule has 0 aliphatic rings. The Kier molecular flexibility index (Phi) is 8.55. The summed E-state index contributed by atoms with van der Waals surface area (Å²) in [5.74, 6) is 0.804. The number of nitrogens with zero attached hydrogens (tertiary/aromatic N) is 1. The van der Waals surface area contributed by atoms with Crippen LogP contribution in [0.5, 0.6) is 5.75 Å². The van der Waals surface area contributed by atoms with Crippen molar-refractivity contribution in [2.75, 3.05) is 7.11 Å². The van der Waals surface area contributed by atoms with Gasteiger partial charge in [-0.15, -0.1) is 0 Å². The summed E-state index contributed by atoms with van der Waals surface area (Å²) < 4.78 is 5.38. The second-order valence-electron chi connectivity index (χ2n) is 8.57. The van der Waals surface area contributed by atoms with Gasteiger partial charge >= 0.3 is 6.03 Å². The Balaban J connectivity index is 1.62. The van der Waals surface area contributed by atoms with Crippen molar-refractivity contribution < 1.29 is 9.53 Å². The number of carbonyl (C=O) groups excluding carboxylic acids is 1. The average molecular weight is 465 g/mol. The van der Waals surface area contributed by atoms with Crippen LogP contribution in [0, 0.1) is 0 Å². The fourth-order valence-corrected chi connectivity index (χ4v) is 4.26. The predicted molar refractivity (Wildman–Crippen MR) is 141 cm³/mol. The molecule has 0 bridgehead atoms. The maximum Gasteiger partial charge on any atom is 0.318 e. The highest BCUT2D eigenvalue weighted by Gasteiger charge is 2.25. The third-order valence-electron chi connectivity index (χ3n) is 6.17. The molecule has 1 atom stereocenters. The Morgan fingerprint density at radius 2 is 1.29 bits per heavy atom. The lowest BCUT2D eigenvalue weighted by Gasteiger charge is -2.33. The van der Waals surface area contributed by atoms with Crippen molar-refractivity contribution in [3.05, 3.63) is 138 Å². The highest BCUT2D eigenvalue weighted by Crippen LogP contribution is 2.29. The molecule has 0 saturated carbocycles. The van der Waals surface area contributed by atoms with Gasteiger partial charge in [-0.3, -0.25) is 0 Å². The lowest BCUT2D eigenvalue weighted by Crippen LogP contribution is -2.41. The van der Waals surface area contributed by atoms with Crippen LogP contribution in [0.15, 0.2) is 115 Å². The first-order valence-electron chi connectivity index (χ1n) is 12.0. The molecule has 4 nitrogen and oxygen atoms in total. The Morgan fingerprint density at radius 1 is 0.743 bits per heavy atom. The summed E-state index contributed by atoms with van der Waals surface area (Å²) in [6.45, 7) is 1.01. The van der Waals surface area contributed by atoms with Crippen LogP contribution in [0.1, 0.15) is 34.7 Å². The zero-order valence-corrected chi connectivity index (χ0v) is 20.1. The van der Waals surface area contributed by atoms with Crippen molar-refractivity contribution in [1.29, 1.82) is 0 Å². The summed E-state index contributed by atoms with van der Waals surface area (Å²) in [6.07, 6.45) is 1.68. The molecule has 0 aliphatic heterocycles. The summed E-state index contributed by atoms with van der Waals surface area (Å²) in [7, 11) is 1.67. The van der Waals surface area contributed by atoms with E-state index in [0.29, 0.717) is 13.1 Å². The second kappa shape index (κ2) is 12.4. The Hall–Kier alpha value is -4.05. The molecule has 4 aromatic rings. The third-order valence-corrected chi connectivity index (χ3v) is 6.17. The van der Waals surface area contributed by atoms with Crippen LogP contribution in [0.3, 0.4) is 0 Å². The van der Waals surface area contributed by atoms with Crippen molar-refractivity contribution >= 4 is 6.03 Å². The molecular weight excluding hydrogens is 432 g/mol. The molecule has 0 aromatic heterocycles. The van der Waals surface area contributed by atoms with E-state index in [1.165, 1.54) is 5.56 Å². The minimum Gasteiger partial charge on any atom is -0.497 e. The van der Waals surface area contributed by atoms with E-state index >= 15 is 0 Å². The molecule has 0 fully saturated rings. The standard InChI is InChI=1S/C31H32N2O2/c1-35-29-20-18-28(19-21-29)30(22-17-25-11-5-2-6-12-25)33(24-27-15-9-4-10-16-27)31(34)32-23-26-13-7-3-8-14-26/h2-16,18-21,30H,17,22-24H2,1H3,(H,32,34). The molecule has 0 radical (unpaired) electrons. The van der Waals surface area contributed by atoms with Crippen molar-refractivity contribution in [2.24, 2.45) is 0 Å². The van der Waals surface area contributed by atoms with Crippen LogP contribution in [-0.4, -0.2) is 18.0 Å². The van der Waals surface area contributed by atoms with E-state index in [2.05, 4.69) is 53.8 Å². The number of hydrogen-bond acceptors (Lipinski definition) is 2. The van der Waals surface area contributed by atoms with Gasteiger partial charge < -0.3 is 15.0 Å². The average Bonchev–Trinajstić information content (AvgIpc) is 2.93. The summed E-state index contributed by atoms with van der Waals surface area (Å²) in [5.41, 5.74) is 4.52. The van der Waals surface area contributed by atoms with E-state index < -0.39 is 0 Å². The van der Waals surface area contributed by atoms with E-state index in [1.54, 1.807) is 7.11 Å². The van der Waals surface area contributed by atoms with Crippen LogP contribution >= 0.6 is 0 Å². The maximum absolute atomic E-state index is 13.7. The number of carbonyl (C=O) groups is 1. The molecule has 2 amide bonds. The number of nitrogens with one attached hydrogen (secondary N) is 1. The molecule has 0 aliphatic carbocycles. The van der Waals surface area contributed by atoms with Gasteiger partial charge in [0.1, 0.15) is 5.75 Å². The molecule has 0 heterocycles. The van der Waals surface area contributed by atoms with Crippen LogP contribution in [0.25, 0.3) is 0 Å². The van der Waals surface area contributed by atoms with Crippen molar-refractivity contribution in [1.82, 2.24) is 10.2 Å². The quantitative estimate of drug-likeness (QED) is 0.281. The van der Waals surface area contributed by atoms with E-state index in [4.69, 9.17) is 4.74 Å². The third kappa shape index (κ3) is 6.97. The highest BCUT2D eigenvalue weighted by atomic mass is 16.5. The number of urea groups is 1. The number of rotatable bonds is 10. The van der Waals surface area contributed by atoms with Gasteiger partial charge in [0.15, 0.2) is 0 Å². The topological polar surface area (TPSA) is 41.6 Å². The molecule has 4 rings (SSSR count). The van der Waals surface area contributed by atoms with E-state index in [1.807, 2.05) is 71.6 Å². The molecule has 4 heteroatoms. The highest BCUT2D eigenvalue weighted by molar-refractivity contribution is 5.75. The molecule has 35 heavy (non-hydrogen) atoms. The summed E-state index contributed by atoms with van der Waals surface area (Å²) in [6, 6.07) is 38.5. The van der Waals surface area contributed by atoms with E-state index in [0.717, 1.165) is 35.3 Å². The smallest absolute Gasteiger partial charge is 0.318 e. The molecule has 4 aromatic carbocycles. The largest absolute Gasteiger partial charge is 0.497 e. The minimum absolute atomic E-state index is 0.0772. The van der Waals surface area contributed by atoms with Gasteiger partial charge in [-0.25, -0.2) is 4.79 Å². The first kappa shape index (κ1) is 24.1. The number of aryl methyl sites for hydroxylation is 1. The molecule has 1 N–H and O–H groups in total. The maximum atomic E-state index is 13.7. The zero-order valence-electron chi connectivity index (χ0n) is 20.1. The van der Waals surface area contributed by atoms with Crippen LogP contribution in [0.4, 0.5) is 4.79 Å². The monoisotopic (exact) mass is 464 g/mol. The summed E-state index contributed by atoms with van der Waals surface area (Å²) in [4.78, 5) is 15.6. The molecule has 0 spiro atoms. The number of amides is 2. The summed E-state index contributed by atoms with van der Waals surface area (Å²) in [5, 5.41) is 3.15. The molecule has 1 unspecified atom stereocenters. The molecule has 178 valence electrons. The number of methoxy groups -OCH3 is 1. The number of ether oxygens (including phenoxy) is 1. The fraction of sp³-hybridized carbons (Fsp3) is 0.194.